The Kier molecular flexibility index (Phi) is 4.46. The fourth-order valence-corrected chi connectivity index (χ4v) is 2.98. The lowest BCUT2D eigenvalue weighted by Gasteiger charge is -2.30. The highest BCUT2D eigenvalue weighted by molar-refractivity contribution is 5.90. The highest BCUT2D eigenvalue weighted by Crippen LogP contribution is 2.30. The second-order valence-corrected chi connectivity index (χ2v) is 5.89. The molecule has 4 heteroatoms. The molecule has 2 unspecified atom stereocenters. The van der Waals surface area contributed by atoms with E-state index in [9.17, 15) is 9.90 Å². The Morgan fingerprint density at radius 3 is 2.04 bits per heavy atom. The summed E-state index contributed by atoms with van der Waals surface area (Å²) >= 11 is 0. The van der Waals surface area contributed by atoms with Gasteiger partial charge in [-0.3, -0.25) is 4.79 Å². The second-order valence-electron chi connectivity index (χ2n) is 5.89. The maximum atomic E-state index is 13.0. The van der Waals surface area contributed by atoms with E-state index in [-0.39, 0.29) is 12.1 Å². The summed E-state index contributed by atoms with van der Waals surface area (Å²) in [5, 5.41) is 14.3. The summed E-state index contributed by atoms with van der Waals surface area (Å²) in [4.78, 5) is 13.0. The van der Waals surface area contributed by atoms with Crippen molar-refractivity contribution in [2.45, 2.75) is 31.1 Å². The Hall–Kier alpha value is -2.17. The van der Waals surface area contributed by atoms with E-state index >= 15 is 0 Å². The molecule has 2 aromatic rings. The van der Waals surface area contributed by atoms with Crippen LogP contribution in [0.25, 0.3) is 0 Å². The molecule has 0 bridgehead atoms. The van der Waals surface area contributed by atoms with Crippen LogP contribution in [0, 0.1) is 0 Å². The fourth-order valence-electron chi connectivity index (χ4n) is 2.98. The molecule has 1 aliphatic heterocycles. The van der Waals surface area contributed by atoms with Gasteiger partial charge >= 0.3 is 0 Å². The average Bonchev–Trinajstić information content (AvgIpc) is 3.00. The minimum absolute atomic E-state index is 0.0465. The van der Waals surface area contributed by atoms with Crippen molar-refractivity contribution in [1.29, 1.82) is 0 Å². The van der Waals surface area contributed by atoms with Gasteiger partial charge in [0.25, 0.3) is 5.91 Å². The molecule has 1 heterocycles. The Labute approximate surface area is 136 Å². The first-order valence-electron chi connectivity index (χ1n) is 7.88. The maximum absolute atomic E-state index is 13.0. The van der Waals surface area contributed by atoms with Gasteiger partial charge in [-0.1, -0.05) is 60.7 Å². The lowest BCUT2D eigenvalue weighted by atomic mass is 9.85. The van der Waals surface area contributed by atoms with Crippen LogP contribution in [0.1, 0.15) is 24.5 Å². The second kappa shape index (κ2) is 6.52. The topological polar surface area (TPSA) is 58.6 Å². The van der Waals surface area contributed by atoms with Gasteiger partial charge in [-0.2, -0.15) is 0 Å². The lowest BCUT2D eigenvalue weighted by Crippen LogP contribution is -2.50. The van der Waals surface area contributed by atoms with Crippen molar-refractivity contribution in [2.24, 2.45) is 0 Å². The van der Waals surface area contributed by atoms with Crippen molar-refractivity contribution < 1.29 is 14.6 Å². The highest BCUT2D eigenvalue weighted by Gasteiger charge is 2.41. The molecule has 1 saturated heterocycles. The molecule has 2 N–H and O–H groups in total. The van der Waals surface area contributed by atoms with E-state index in [0.717, 1.165) is 6.42 Å². The van der Waals surface area contributed by atoms with Gasteiger partial charge in [0, 0.05) is 6.61 Å². The number of hydrogen-bond donors (Lipinski definition) is 2. The van der Waals surface area contributed by atoms with E-state index in [2.05, 4.69) is 5.32 Å². The molecule has 1 amide bonds. The minimum atomic E-state index is -1.72. The normalized spacial score (nSPS) is 21.1. The molecule has 0 radical (unpaired) electrons. The van der Waals surface area contributed by atoms with Gasteiger partial charge in [-0.25, -0.2) is 0 Å². The molecule has 120 valence electrons. The Bertz CT molecular complexity index is 617. The van der Waals surface area contributed by atoms with Gasteiger partial charge in [0.15, 0.2) is 5.60 Å². The Morgan fingerprint density at radius 2 is 1.61 bits per heavy atom. The first-order valence-corrected chi connectivity index (χ1v) is 7.88. The van der Waals surface area contributed by atoms with Crippen molar-refractivity contribution >= 4 is 5.91 Å². The smallest absolute Gasteiger partial charge is 0.261 e. The van der Waals surface area contributed by atoms with E-state index in [1.54, 1.807) is 24.3 Å². The van der Waals surface area contributed by atoms with Crippen molar-refractivity contribution in [1.82, 2.24) is 5.32 Å². The van der Waals surface area contributed by atoms with Crippen molar-refractivity contribution in [3.63, 3.8) is 0 Å². The quantitative estimate of drug-likeness (QED) is 0.910. The van der Waals surface area contributed by atoms with Crippen LogP contribution in [0.15, 0.2) is 60.7 Å². The van der Waals surface area contributed by atoms with Crippen LogP contribution in [-0.4, -0.2) is 29.8 Å². The number of carbonyl (C=O) groups excluding carboxylic acids is 1. The summed E-state index contributed by atoms with van der Waals surface area (Å²) in [6, 6.07) is 18.0. The standard InChI is InChI=1S/C19H21NO3/c1-14-17(12-13-23-14)20-18(21)19(22,15-8-4-2-5-9-15)16-10-6-3-7-11-16/h2-11,14,17,22H,12-13H2,1H3,(H,20,21). The molecule has 0 aromatic heterocycles. The van der Waals surface area contributed by atoms with Crippen LogP contribution >= 0.6 is 0 Å². The highest BCUT2D eigenvalue weighted by atomic mass is 16.5. The van der Waals surface area contributed by atoms with Crippen molar-refractivity contribution in [3.05, 3.63) is 71.8 Å². The first-order chi connectivity index (χ1) is 11.1. The SMILES string of the molecule is CC1OCCC1NC(=O)C(O)(c1ccccc1)c1ccccc1. The Balaban J connectivity index is 1.97. The summed E-state index contributed by atoms with van der Waals surface area (Å²) in [5.41, 5.74) is -0.615. The van der Waals surface area contributed by atoms with Crippen LogP contribution < -0.4 is 5.32 Å². The van der Waals surface area contributed by atoms with Crippen LogP contribution in [0.4, 0.5) is 0 Å². The predicted octanol–water partition coefficient (Wildman–Crippen LogP) is 2.22. The van der Waals surface area contributed by atoms with Crippen molar-refractivity contribution in [3.8, 4) is 0 Å². The number of rotatable bonds is 4. The summed E-state index contributed by atoms with van der Waals surface area (Å²) in [6.07, 6.45) is 0.710. The molecule has 23 heavy (non-hydrogen) atoms. The van der Waals surface area contributed by atoms with E-state index in [4.69, 9.17) is 4.74 Å². The number of ether oxygens (including phenoxy) is 1. The van der Waals surface area contributed by atoms with Gasteiger partial charge in [0.2, 0.25) is 0 Å². The molecule has 0 spiro atoms. The van der Waals surface area contributed by atoms with Gasteiger partial charge < -0.3 is 15.2 Å². The number of aliphatic hydroxyl groups is 1. The molecule has 3 rings (SSSR count). The number of carbonyl (C=O) groups is 1. The van der Waals surface area contributed by atoms with Gasteiger partial charge in [0.05, 0.1) is 12.1 Å². The lowest BCUT2D eigenvalue weighted by molar-refractivity contribution is -0.137. The minimum Gasteiger partial charge on any atom is -0.376 e. The van der Waals surface area contributed by atoms with Crippen LogP contribution in [0.5, 0.6) is 0 Å². The Morgan fingerprint density at radius 1 is 1.09 bits per heavy atom. The summed E-state index contributed by atoms with van der Waals surface area (Å²) in [6.45, 7) is 2.56. The van der Waals surface area contributed by atoms with E-state index < -0.39 is 11.5 Å². The van der Waals surface area contributed by atoms with Crippen LogP contribution in [0.2, 0.25) is 0 Å². The molecule has 2 atom stereocenters. The summed E-state index contributed by atoms with van der Waals surface area (Å²) < 4.78 is 5.49. The molecule has 1 fully saturated rings. The zero-order valence-corrected chi connectivity index (χ0v) is 13.1. The molecule has 1 aliphatic rings. The zero-order chi connectivity index (χ0) is 16.3. The fraction of sp³-hybridized carbons (Fsp3) is 0.316. The molecular weight excluding hydrogens is 290 g/mol. The average molecular weight is 311 g/mol. The third-order valence-corrected chi connectivity index (χ3v) is 4.40. The van der Waals surface area contributed by atoms with Crippen LogP contribution in [0.3, 0.4) is 0 Å². The number of amides is 1. The third kappa shape index (κ3) is 3.00. The molecular formula is C19H21NO3. The number of benzene rings is 2. The van der Waals surface area contributed by atoms with E-state index in [1.165, 1.54) is 0 Å². The zero-order valence-electron chi connectivity index (χ0n) is 13.1. The molecule has 4 nitrogen and oxygen atoms in total. The van der Waals surface area contributed by atoms with Gasteiger partial charge in [-0.15, -0.1) is 0 Å². The number of hydrogen-bond acceptors (Lipinski definition) is 3. The summed E-state index contributed by atoms with van der Waals surface area (Å²) in [5.74, 6) is -0.419. The summed E-state index contributed by atoms with van der Waals surface area (Å²) in [7, 11) is 0. The largest absolute Gasteiger partial charge is 0.376 e. The van der Waals surface area contributed by atoms with Gasteiger partial charge in [0.1, 0.15) is 0 Å². The first kappa shape index (κ1) is 15.7. The predicted molar refractivity (Wildman–Crippen MR) is 87.8 cm³/mol. The van der Waals surface area contributed by atoms with Gasteiger partial charge in [-0.05, 0) is 24.5 Å². The third-order valence-electron chi connectivity index (χ3n) is 4.40. The maximum Gasteiger partial charge on any atom is 0.261 e. The monoisotopic (exact) mass is 311 g/mol. The van der Waals surface area contributed by atoms with Crippen molar-refractivity contribution in [2.75, 3.05) is 6.61 Å². The van der Waals surface area contributed by atoms with Crippen LogP contribution in [-0.2, 0) is 15.1 Å². The van der Waals surface area contributed by atoms with E-state index in [0.29, 0.717) is 17.7 Å². The molecule has 0 aliphatic carbocycles. The molecule has 2 aromatic carbocycles. The van der Waals surface area contributed by atoms with E-state index in [1.807, 2.05) is 43.3 Å². The molecule has 0 saturated carbocycles. The number of nitrogens with one attached hydrogen (secondary N) is 1.